The molecule has 114 valence electrons. The van der Waals surface area contributed by atoms with E-state index in [9.17, 15) is 12.8 Å². The number of nitrogens with zero attached hydrogens (tertiary/aromatic N) is 1. The summed E-state index contributed by atoms with van der Waals surface area (Å²) < 4.78 is 40.1. The second-order valence-electron chi connectivity index (χ2n) is 4.36. The van der Waals surface area contributed by atoms with E-state index in [1.54, 1.807) is 6.92 Å². The van der Waals surface area contributed by atoms with E-state index < -0.39 is 27.3 Å². The highest BCUT2D eigenvalue weighted by atomic mass is 35.5. The summed E-state index contributed by atoms with van der Waals surface area (Å²) in [5.41, 5.74) is -0.137. The number of benzene rings is 1. The van der Waals surface area contributed by atoms with E-state index in [-0.39, 0.29) is 16.6 Å². The molecule has 0 aromatic heterocycles. The zero-order chi connectivity index (χ0) is 15.5. The first-order valence-electron chi connectivity index (χ1n) is 5.81. The van der Waals surface area contributed by atoms with Gasteiger partial charge >= 0.3 is 0 Å². The first kappa shape index (κ1) is 17.7. The molecule has 0 bridgehead atoms. The Morgan fingerprint density at radius 3 is 2.60 bits per heavy atom. The number of thioether (sulfide) groups is 1. The standard InChI is InChI=1S/C12H17ClFNO3S2/c1-8(7-19-3)15(2)20(17,18)11-5-10(13)4-9(6-16)12(11)14/h4-5,8,16H,6-7H2,1-3H3. The van der Waals surface area contributed by atoms with Gasteiger partial charge in [0.05, 0.1) is 6.61 Å². The molecule has 0 aliphatic carbocycles. The molecular weight excluding hydrogens is 325 g/mol. The van der Waals surface area contributed by atoms with Gasteiger partial charge in [0, 0.05) is 29.4 Å². The zero-order valence-corrected chi connectivity index (χ0v) is 13.8. The van der Waals surface area contributed by atoms with Crippen molar-refractivity contribution in [1.82, 2.24) is 4.31 Å². The molecule has 1 atom stereocenters. The Hall–Kier alpha value is -0.340. The molecule has 20 heavy (non-hydrogen) atoms. The SMILES string of the molecule is CSCC(C)N(C)S(=O)(=O)c1cc(Cl)cc(CO)c1F. The van der Waals surface area contributed by atoms with Gasteiger partial charge in [-0.3, -0.25) is 0 Å². The molecule has 0 aliphatic rings. The lowest BCUT2D eigenvalue weighted by Crippen LogP contribution is -2.37. The van der Waals surface area contributed by atoms with Crippen molar-refractivity contribution in [2.75, 3.05) is 19.1 Å². The number of halogens is 2. The smallest absolute Gasteiger partial charge is 0.246 e. The molecule has 1 N–H and O–H groups in total. The van der Waals surface area contributed by atoms with E-state index in [0.29, 0.717) is 5.75 Å². The average molecular weight is 342 g/mol. The first-order valence-corrected chi connectivity index (χ1v) is 9.02. The average Bonchev–Trinajstić information content (AvgIpc) is 2.40. The summed E-state index contributed by atoms with van der Waals surface area (Å²) in [6.45, 7) is 1.13. The van der Waals surface area contributed by atoms with Gasteiger partial charge in [-0.15, -0.1) is 0 Å². The van der Waals surface area contributed by atoms with Crippen molar-refractivity contribution in [2.45, 2.75) is 24.5 Å². The van der Waals surface area contributed by atoms with Crippen molar-refractivity contribution in [3.8, 4) is 0 Å². The molecule has 0 aliphatic heterocycles. The highest BCUT2D eigenvalue weighted by Gasteiger charge is 2.29. The third-order valence-corrected chi connectivity index (χ3v) is 5.94. The zero-order valence-electron chi connectivity index (χ0n) is 11.4. The molecule has 4 nitrogen and oxygen atoms in total. The van der Waals surface area contributed by atoms with Crippen LogP contribution in [-0.4, -0.2) is 42.9 Å². The fourth-order valence-corrected chi connectivity index (χ4v) is 4.26. The molecule has 0 saturated heterocycles. The van der Waals surface area contributed by atoms with E-state index in [1.165, 1.54) is 24.9 Å². The van der Waals surface area contributed by atoms with E-state index in [0.717, 1.165) is 10.4 Å². The van der Waals surface area contributed by atoms with Crippen LogP contribution in [0.4, 0.5) is 4.39 Å². The molecule has 1 aromatic rings. The van der Waals surface area contributed by atoms with Crippen LogP contribution in [0.5, 0.6) is 0 Å². The Balaban J connectivity index is 3.32. The molecule has 0 radical (unpaired) electrons. The number of aliphatic hydroxyl groups is 1. The molecule has 8 heteroatoms. The Bertz CT molecular complexity index is 580. The van der Waals surface area contributed by atoms with Gasteiger partial charge in [-0.05, 0) is 25.3 Å². The van der Waals surface area contributed by atoms with Gasteiger partial charge in [-0.25, -0.2) is 12.8 Å². The summed E-state index contributed by atoms with van der Waals surface area (Å²) >= 11 is 7.29. The quantitative estimate of drug-likeness (QED) is 0.863. The molecule has 0 spiro atoms. The number of aliphatic hydroxyl groups excluding tert-OH is 1. The molecule has 0 amide bonds. The Morgan fingerprint density at radius 2 is 2.10 bits per heavy atom. The van der Waals surface area contributed by atoms with Crippen LogP contribution < -0.4 is 0 Å². The van der Waals surface area contributed by atoms with Crippen LogP contribution in [0.15, 0.2) is 17.0 Å². The predicted molar refractivity (Wildman–Crippen MR) is 80.1 cm³/mol. The Labute approximate surface area is 128 Å². The van der Waals surface area contributed by atoms with Crippen LogP contribution in [0.3, 0.4) is 0 Å². The molecule has 1 aromatic carbocycles. The van der Waals surface area contributed by atoms with Crippen LogP contribution in [0.1, 0.15) is 12.5 Å². The summed E-state index contributed by atoms with van der Waals surface area (Å²) in [5.74, 6) is -0.370. The van der Waals surface area contributed by atoms with E-state index >= 15 is 0 Å². The van der Waals surface area contributed by atoms with Crippen molar-refractivity contribution in [2.24, 2.45) is 0 Å². The van der Waals surface area contributed by atoms with Gasteiger partial charge in [0.2, 0.25) is 10.0 Å². The lowest BCUT2D eigenvalue weighted by Gasteiger charge is -2.24. The first-order chi connectivity index (χ1) is 9.25. The number of hydrogen-bond donors (Lipinski definition) is 1. The minimum atomic E-state index is -4.00. The highest BCUT2D eigenvalue weighted by Crippen LogP contribution is 2.27. The topological polar surface area (TPSA) is 57.6 Å². The van der Waals surface area contributed by atoms with Crippen LogP contribution >= 0.6 is 23.4 Å². The number of sulfonamides is 1. The third-order valence-electron chi connectivity index (χ3n) is 2.94. The molecular formula is C12H17ClFNO3S2. The van der Waals surface area contributed by atoms with Gasteiger partial charge in [0.15, 0.2) is 0 Å². The fraction of sp³-hybridized carbons (Fsp3) is 0.500. The number of rotatable bonds is 6. The summed E-state index contributed by atoms with van der Waals surface area (Å²) in [6, 6.07) is 1.99. The summed E-state index contributed by atoms with van der Waals surface area (Å²) in [4.78, 5) is -0.510. The second-order valence-corrected chi connectivity index (χ2v) is 7.67. The fourth-order valence-electron chi connectivity index (χ4n) is 1.66. The van der Waals surface area contributed by atoms with Crippen molar-refractivity contribution in [3.63, 3.8) is 0 Å². The van der Waals surface area contributed by atoms with Gasteiger partial charge in [0.25, 0.3) is 0 Å². The Kier molecular flexibility index (Phi) is 6.27. The maximum absolute atomic E-state index is 14.1. The van der Waals surface area contributed by atoms with Crippen LogP contribution in [0.2, 0.25) is 5.02 Å². The lowest BCUT2D eigenvalue weighted by atomic mass is 10.2. The van der Waals surface area contributed by atoms with Crippen molar-refractivity contribution in [3.05, 3.63) is 28.5 Å². The molecule has 0 fully saturated rings. The van der Waals surface area contributed by atoms with Gasteiger partial charge in [-0.1, -0.05) is 11.6 Å². The van der Waals surface area contributed by atoms with Crippen molar-refractivity contribution < 1.29 is 17.9 Å². The maximum Gasteiger partial charge on any atom is 0.246 e. The third kappa shape index (κ3) is 3.65. The van der Waals surface area contributed by atoms with Crippen LogP contribution in [0, 0.1) is 5.82 Å². The number of hydrogen-bond acceptors (Lipinski definition) is 4. The predicted octanol–water partition coefficient (Wildman–Crippen LogP) is 2.34. The Morgan fingerprint density at radius 1 is 1.50 bits per heavy atom. The summed E-state index contributed by atoms with van der Waals surface area (Å²) in [7, 11) is -2.60. The second kappa shape index (κ2) is 7.09. The summed E-state index contributed by atoms with van der Waals surface area (Å²) in [5, 5.41) is 9.12. The van der Waals surface area contributed by atoms with Gasteiger partial charge in [0.1, 0.15) is 10.7 Å². The minimum absolute atomic E-state index is 0.0694. The minimum Gasteiger partial charge on any atom is -0.392 e. The van der Waals surface area contributed by atoms with Gasteiger partial charge in [-0.2, -0.15) is 16.1 Å². The van der Waals surface area contributed by atoms with E-state index in [4.69, 9.17) is 16.7 Å². The largest absolute Gasteiger partial charge is 0.392 e. The molecule has 0 saturated carbocycles. The molecule has 1 unspecified atom stereocenters. The maximum atomic E-state index is 14.1. The van der Waals surface area contributed by atoms with Crippen molar-refractivity contribution in [1.29, 1.82) is 0 Å². The van der Waals surface area contributed by atoms with E-state index in [1.807, 2.05) is 6.26 Å². The highest BCUT2D eigenvalue weighted by molar-refractivity contribution is 7.98. The molecule has 1 rings (SSSR count). The normalized spacial score (nSPS) is 13.8. The van der Waals surface area contributed by atoms with E-state index in [2.05, 4.69) is 0 Å². The van der Waals surface area contributed by atoms with Crippen LogP contribution in [0.25, 0.3) is 0 Å². The molecule has 0 heterocycles. The monoisotopic (exact) mass is 341 g/mol. The van der Waals surface area contributed by atoms with Crippen molar-refractivity contribution >= 4 is 33.4 Å². The van der Waals surface area contributed by atoms with Gasteiger partial charge < -0.3 is 5.11 Å². The summed E-state index contributed by atoms with van der Waals surface area (Å²) in [6.07, 6.45) is 1.86. The lowest BCUT2D eigenvalue weighted by molar-refractivity contribution is 0.274. The van der Waals surface area contributed by atoms with Crippen LogP contribution in [-0.2, 0) is 16.6 Å².